The molecule has 1 aromatic carbocycles. The Morgan fingerprint density at radius 2 is 1.97 bits per heavy atom. The van der Waals surface area contributed by atoms with Crippen molar-refractivity contribution in [2.24, 2.45) is 0 Å². The van der Waals surface area contributed by atoms with Crippen molar-refractivity contribution < 1.29 is 4.39 Å². The molecule has 0 radical (unpaired) electrons. The number of hydrogen-bond donors (Lipinski definition) is 2. The summed E-state index contributed by atoms with van der Waals surface area (Å²) in [6.45, 7) is 4.95. The van der Waals surface area contributed by atoms with Crippen LogP contribution in [0, 0.1) is 12.7 Å². The lowest BCUT2D eigenvalue weighted by molar-refractivity contribution is 0.331. The van der Waals surface area contributed by atoms with Crippen LogP contribution in [-0.2, 0) is 6.54 Å². The largest absolute Gasteiger partial charge is 0.333 e. The average Bonchev–Trinajstić information content (AvgIpc) is 3.70. The molecule has 5 aromatic heterocycles. The highest BCUT2D eigenvalue weighted by molar-refractivity contribution is 5.96. The van der Waals surface area contributed by atoms with E-state index < -0.39 is 0 Å². The normalized spacial score (nSPS) is 14.3. The molecule has 1 aliphatic heterocycles. The molecule has 0 aliphatic carbocycles. The number of benzene rings is 1. The Bertz CT molecular complexity index is 1760. The maximum atomic E-state index is 16.1. The van der Waals surface area contributed by atoms with Crippen molar-refractivity contribution in [3.63, 3.8) is 0 Å². The van der Waals surface area contributed by atoms with Crippen LogP contribution in [0.1, 0.15) is 24.1 Å². The Kier molecular flexibility index (Phi) is 5.07. The van der Waals surface area contributed by atoms with Crippen LogP contribution in [0.3, 0.4) is 0 Å². The van der Waals surface area contributed by atoms with Crippen LogP contribution in [-0.4, -0.2) is 57.7 Å². The van der Waals surface area contributed by atoms with Crippen LogP contribution in [0.4, 0.5) is 4.39 Å². The summed E-state index contributed by atoms with van der Waals surface area (Å²) in [6.07, 6.45) is 11.4. The second-order valence-electron chi connectivity index (χ2n) is 9.52. The summed E-state index contributed by atoms with van der Waals surface area (Å²) < 4.78 is 18.0. The van der Waals surface area contributed by atoms with E-state index in [1.165, 1.54) is 12.8 Å². The van der Waals surface area contributed by atoms with Gasteiger partial charge < -0.3 is 9.55 Å². The number of aromatic nitrogens is 8. The molecular formula is C27H24FN9. The first kappa shape index (κ1) is 21.8. The van der Waals surface area contributed by atoms with E-state index in [1.54, 1.807) is 24.8 Å². The van der Waals surface area contributed by atoms with Gasteiger partial charge in [-0.25, -0.2) is 19.3 Å². The second-order valence-corrected chi connectivity index (χ2v) is 9.52. The summed E-state index contributed by atoms with van der Waals surface area (Å²) in [5.41, 5.74) is 6.30. The van der Waals surface area contributed by atoms with Crippen molar-refractivity contribution in [2.75, 3.05) is 13.1 Å². The number of hydrogen-bond acceptors (Lipinski definition) is 6. The summed E-state index contributed by atoms with van der Waals surface area (Å²) in [5.74, 6) is 0.0789. The molecule has 0 unspecified atom stereocenters. The highest BCUT2D eigenvalue weighted by Crippen LogP contribution is 2.34. The third-order valence-electron chi connectivity index (χ3n) is 6.96. The predicted molar refractivity (Wildman–Crippen MR) is 139 cm³/mol. The molecule has 1 saturated heterocycles. The molecule has 10 heteroatoms. The number of likely N-dealkylation sites (tertiary alicyclic amines) is 1. The van der Waals surface area contributed by atoms with Gasteiger partial charge in [0.15, 0.2) is 11.5 Å². The van der Waals surface area contributed by atoms with E-state index in [4.69, 9.17) is 0 Å². The Morgan fingerprint density at radius 3 is 2.81 bits per heavy atom. The lowest BCUT2D eigenvalue weighted by Gasteiger charge is -2.15. The lowest BCUT2D eigenvalue weighted by atomic mass is 10.0. The molecule has 0 atom stereocenters. The number of pyridine rings is 2. The van der Waals surface area contributed by atoms with Crippen LogP contribution in [0.15, 0.2) is 55.4 Å². The number of rotatable bonds is 5. The highest BCUT2D eigenvalue weighted by atomic mass is 19.1. The Labute approximate surface area is 211 Å². The van der Waals surface area contributed by atoms with E-state index in [9.17, 15) is 0 Å². The van der Waals surface area contributed by atoms with Crippen LogP contribution in [0.5, 0.6) is 0 Å². The molecule has 6 aromatic rings. The highest BCUT2D eigenvalue weighted by Gasteiger charge is 2.21. The summed E-state index contributed by atoms with van der Waals surface area (Å²) in [7, 11) is 0. The van der Waals surface area contributed by atoms with Crippen molar-refractivity contribution in [3.05, 3.63) is 72.5 Å². The topological polar surface area (TPSA) is 104 Å². The zero-order chi connectivity index (χ0) is 24.9. The minimum absolute atomic E-state index is 0.361. The number of nitrogens with one attached hydrogen (secondary N) is 2. The van der Waals surface area contributed by atoms with Crippen molar-refractivity contribution in [2.45, 2.75) is 26.3 Å². The number of halogens is 1. The van der Waals surface area contributed by atoms with Gasteiger partial charge >= 0.3 is 0 Å². The molecule has 6 heterocycles. The van der Waals surface area contributed by atoms with E-state index >= 15 is 4.39 Å². The zero-order valence-electron chi connectivity index (χ0n) is 20.2. The van der Waals surface area contributed by atoms with Crippen LogP contribution < -0.4 is 0 Å². The molecular weight excluding hydrogens is 469 g/mol. The van der Waals surface area contributed by atoms with Gasteiger partial charge in [0.1, 0.15) is 17.0 Å². The first-order chi connectivity index (χ1) is 18.1. The van der Waals surface area contributed by atoms with Gasteiger partial charge in [0.2, 0.25) is 0 Å². The van der Waals surface area contributed by atoms with Crippen molar-refractivity contribution in [1.82, 2.24) is 44.6 Å². The van der Waals surface area contributed by atoms with E-state index in [2.05, 4.69) is 40.0 Å². The van der Waals surface area contributed by atoms with Gasteiger partial charge in [-0.1, -0.05) is 0 Å². The molecule has 184 valence electrons. The monoisotopic (exact) mass is 493 g/mol. The van der Waals surface area contributed by atoms with Gasteiger partial charge in [-0.15, -0.1) is 0 Å². The molecule has 0 bridgehead atoms. The van der Waals surface area contributed by atoms with Gasteiger partial charge in [-0.05, 0) is 62.7 Å². The number of nitrogens with zero attached hydrogens (tertiary/aromatic N) is 7. The van der Waals surface area contributed by atoms with E-state index in [0.29, 0.717) is 33.6 Å². The smallest absolute Gasteiger partial charge is 0.180 e. The average molecular weight is 494 g/mol. The summed E-state index contributed by atoms with van der Waals surface area (Å²) in [5, 5.41) is 7.75. The van der Waals surface area contributed by atoms with Crippen LogP contribution in [0.2, 0.25) is 0 Å². The molecule has 0 amide bonds. The Morgan fingerprint density at radius 1 is 1.08 bits per heavy atom. The molecule has 9 nitrogen and oxygen atoms in total. The number of H-pyrrole nitrogens is 2. The summed E-state index contributed by atoms with van der Waals surface area (Å²) >= 11 is 0. The van der Waals surface area contributed by atoms with E-state index in [-0.39, 0.29) is 5.82 Å². The first-order valence-electron chi connectivity index (χ1n) is 12.3. The van der Waals surface area contributed by atoms with Crippen LogP contribution in [0.25, 0.3) is 50.4 Å². The zero-order valence-corrected chi connectivity index (χ0v) is 20.2. The minimum atomic E-state index is -0.361. The van der Waals surface area contributed by atoms with Gasteiger partial charge in [-0.2, -0.15) is 5.10 Å². The fourth-order valence-electron chi connectivity index (χ4n) is 5.17. The van der Waals surface area contributed by atoms with Crippen molar-refractivity contribution in [3.8, 4) is 28.3 Å². The molecule has 1 aliphatic rings. The molecule has 0 spiro atoms. The SMILES string of the molecule is Cc1cn(-c2ccnc3nc(-c4n[nH]c5ccc(-c6cncc(CN7CCCC7)c6)c(F)c45)[nH]c23)cn1. The standard InChI is InChI=1S/C27H24FN9/c1-16-13-37(15-31-16)21-6-7-30-26-24(21)32-27(33-26)25-22-20(34-35-25)5-4-19(23(22)28)18-10-17(11-29-12-18)14-36-8-2-3-9-36/h4-7,10-13,15H,2-3,8-9,14H2,1H3,(H,34,35)(H,30,32,33). The predicted octanol–water partition coefficient (Wildman–Crippen LogP) is 4.79. The summed E-state index contributed by atoms with van der Waals surface area (Å²) in [4.78, 5) is 23.5. The van der Waals surface area contributed by atoms with Crippen LogP contribution >= 0.6 is 0 Å². The summed E-state index contributed by atoms with van der Waals surface area (Å²) in [6, 6.07) is 7.53. The van der Waals surface area contributed by atoms with E-state index in [0.717, 1.165) is 47.7 Å². The number of aromatic amines is 2. The molecule has 1 fully saturated rings. The van der Waals surface area contributed by atoms with Gasteiger partial charge in [-0.3, -0.25) is 15.0 Å². The van der Waals surface area contributed by atoms with Crippen molar-refractivity contribution >= 4 is 22.1 Å². The maximum absolute atomic E-state index is 16.1. The minimum Gasteiger partial charge on any atom is -0.333 e. The lowest BCUT2D eigenvalue weighted by Crippen LogP contribution is -2.18. The molecule has 0 saturated carbocycles. The Hall–Kier alpha value is -4.44. The fourth-order valence-corrected chi connectivity index (χ4v) is 5.17. The third kappa shape index (κ3) is 3.77. The Balaban J connectivity index is 1.31. The van der Waals surface area contributed by atoms with E-state index in [1.807, 2.05) is 42.1 Å². The van der Waals surface area contributed by atoms with Gasteiger partial charge in [0.25, 0.3) is 0 Å². The molecule has 7 rings (SSSR count). The third-order valence-corrected chi connectivity index (χ3v) is 6.96. The van der Waals surface area contributed by atoms with Gasteiger partial charge in [0.05, 0.1) is 28.6 Å². The second kappa shape index (κ2) is 8.59. The number of fused-ring (bicyclic) bond motifs is 2. The fraction of sp³-hybridized carbons (Fsp3) is 0.222. The maximum Gasteiger partial charge on any atom is 0.180 e. The molecule has 37 heavy (non-hydrogen) atoms. The number of aryl methyl sites for hydroxylation is 1. The quantitative estimate of drug-likeness (QED) is 0.358. The van der Waals surface area contributed by atoms with Gasteiger partial charge in [0, 0.05) is 42.5 Å². The molecule has 2 N–H and O–H groups in total. The first-order valence-corrected chi connectivity index (χ1v) is 12.3. The number of imidazole rings is 2. The van der Waals surface area contributed by atoms with Crippen molar-refractivity contribution in [1.29, 1.82) is 0 Å².